The Morgan fingerprint density at radius 1 is 1.16 bits per heavy atom. The summed E-state index contributed by atoms with van der Waals surface area (Å²) in [6.45, 7) is 8.41. The van der Waals surface area contributed by atoms with Crippen molar-refractivity contribution in [3.8, 4) is 0 Å². The SMILES string of the molecule is CC(C)c1cc(C(=O)OCC(=O)N2CCCc3ccccc32)c2cnn(C(C)C)c2n1. The largest absolute Gasteiger partial charge is 0.452 e. The lowest BCUT2D eigenvalue weighted by Gasteiger charge is -2.29. The highest BCUT2D eigenvalue weighted by Crippen LogP contribution is 2.27. The van der Waals surface area contributed by atoms with E-state index in [-0.39, 0.29) is 24.5 Å². The van der Waals surface area contributed by atoms with Gasteiger partial charge in [-0.1, -0.05) is 32.0 Å². The zero-order valence-electron chi connectivity index (χ0n) is 18.5. The molecular formula is C24H28N4O3. The Morgan fingerprint density at radius 2 is 1.94 bits per heavy atom. The number of hydrogen-bond acceptors (Lipinski definition) is 5. The number of benzene rings is 1. The highest BCUT2D eigenvalue weighted by molar-refractivity contribution is 6.04. The summed E-state index contributed by atoms with van der Waals surface area (Å²) in [5.74, 6) is -0.609. The van der Waals surface area contributed by atoms with E-state index in [4.69, 9.17) is 9.72 Å². The van der Waals surface area contributed by atoms with E-state index >= 15 is 0 Å². The lowest BCUT2D eigenvalue weighted by Crippen LogP contribution is -2.38. The van der Waals surface area contributed by atoms with Gasteiger partial charge in [0.15, 0.2) is 12.3 Å². The van der Waals surface area contributed by atoms with Crippen LogP contribution in [0.2, 0.25) is 0 Å². The first-order valence-electron chi connectivity index (χ1n) is 10.8. The Balaban J connectivity index is 1.57. The van der Waals surface area contributed by atoms with E-state index in [1.165, 1.54) is 0 Å². The number of nitrogens with zero attached hydrogens (tertiary/aromatic N) is 4. The average Bonchev–Trinajstić information content (AvgIpc) is 3.20. The standard InChI is InChI=1S/C24H28N4O3/c1-15(2)20-12-18(19-13-25-28(16(3)4)23(19)26-20)24(30)31-14-22(29)27-11-7-9-17-8-5-6-10-21(17)27/h5-6,8,10,12-13,15-16H,7,9,11,14H2,1-4H3. The molecule has 0 saturated heterocycles. The molecule has 1 aliphatic rings. The second-order valence-corrected chi connectivity index (χ2v) is 8.52. The first-order valence-corrected chi connectivity index (χ1v) is 10.8. The number of anilines is 1. The number of rotatable bonds is 5. The summed E-state index contributed by atoms with van der Waals surface area (Å²) in [6, 6.07) is 9.73. The van der Waals surface area contributed by atoms with Gasteiger partial charge in [-0.05, 0) is 50.3 Å². The third-order valence-corrected chi connectivity index (χ3v) is 5.63. The molecular weight excluding hydrogens is 392 g/mol. The van der Waals surface area contributed by atoms with E-state index in [9.17, 15) is 9.59 Å². The molecule has 0 aliphatic carbocycles. The number of pyridine rings is 1. The maximum Gasteiger partial charge on any atom is 0.339 e. The molecule has 31 heavy (non-hydrogen) atoms. The molecule has 3 heterocycles. The summed E-state index contributed by atoms with van der Waals surface area (Å²) >= 11 is 0. The van der Waals surface area contributed by atoms with Crippen molar-refractivity contribution in [2.75, 3.05) is 18.1 Å². The molecule has 1 aliphatic heterocycles. The lowest BCUT2D eigenvalue weighted by atomic mass is 10.0. The van der Waals surface area contributed by atoms with E-state index < -0.39 is 5.97 Å². The number of amides is 1. The number of hydrogen-bond donors (Lipinski definition) is 0. The zero-order chi connectivity index (χ0) is 22.1. The van der Waals surface area contributed by atoms with Crippen LogP contribution in [-0.2, 0) is 16.0 Å². The number of fused-ring (bicyclic) bond motifs is 2. The molecule has 7 nitrogen and oxygen atoms in total. The van der Waals surface area contributed by atoms with Crippen LogP contribution in [0.1, 0.15) is 67.7 Å². The quantitative estimate of drug-likeness (QED) is 0.576. The predicted octanol–water partition coefficient (Wildman–Crippen LogP) is 4.27. The highest BCUT2D eigenvalue weighted by Gasteiger charge is 2.25. The fraction of sp³-hybridized carbons (Fsp3) is 0.417. The second-order valence-electron chi connectivity index (χ2n) is 8.52. The van der Waals surface area contributed by atoms with Crippen molar-refractivity contribution >= 4 is 28.6 Å². The van der Waals surface area contributed by atoms with Crippen LogP contribution in [0.15, 0.2) is 36.5 Å². The normalized spacial score (nSPS) is 13.7. The van der Waals surface area contributed by atoms with Gasteiger partial charge in [-0.15, -0.1) is 0 Å². The smallest absolute Gasteiger partial charge is 0.339 e. The first kappa shape index (κ1) is 21.0. The third-order valence-electron chi connectivity index (χ3n) is 5.63. The van der Waals surface area contributed by atoms with E-state index in [0.29, 0.717) is 23.1 Å². The van der Waals surface area contributed by atoms with Gasteiger partial charge >= 0.3 is 5.97 Å². The van der Waals surface area contributed by atoms with Crippen molar-refractivity contribution < 1.29 is 14.3 Å². The van der Waals surface area contributed by atoms with Crippen molar-refractivity contribution in [2.24, 2.45) is 0 Å². The maximum atomic E-state index is 13.0. The number of ether oxygens (including phenoxy) is 1. The van der Waals surface area contributed by atoms with E-state index in [0.717, 1.165) is 29.8 Å². The first-order chi connectivity index (χ1) is 14.9. The van der Waals surface area contributed by atoms with Gasteiger partial charge in [0, 0.05) is 24.0 Å². The molecule has 0 bridgehead atoms. The number of esters is 1. The van der Waals surface area contributed by atoms with Crippen LogP contribution >= 0.6 is 0 Å². The fourth-order valence-electron chi connectivity index (χ4n) is 3.96. The minimum Gasteiger partial charge on any atom is -0.452 e. The van der Waals surface area contributed by atoms with E-state index in [1.54, 1.807) is 21.8 Å². The number of aryl methyl sites for hydroxylation is 1. The van der Waals surface area contributed by atoms with Gasteiger partial charge in [0.25, 0.3) is 5.91 Å². The van der Waals surface area contributed by atoms with Gasteiger partial charge in [0.2, 0.25) is 0 Å². The molecule has 0 fully saturated rings. The minimum absolute atomic E-state index is 0.108. The number of carbonyl (C=O) groups excluding carboxylic acids is 2. The Kier molecular flexibility index (Phi) is 5.76. The summed E-state index contributed by atoms with van der Waals surface area (Å²) < 4.78 is 7.28. The molecule has 1 amide bonds. The van der Waals surface area contributed by atoms with Crippen LogP contribution in [-0.4, -0.2) is 39.8 Å². The predicted molar refractivity (Wildman–Crippen MR) is 119 cm³/mol. The van der Waals surface area contributed by atoms with Gasteiger partial charge in [0.1, 0.15) is 0 Å². The van der Waals surface area contributed by atoms with Crippen molar-refractivity contribution in [3.05, 3.63) is 53.3 Å². The maximum absolute atomic E-state index is 13.0. The lowest BCUT2D eigenvalue weighted by molar-refractivity contribution is -0.121. The van der Waals surface area contributed by atoms with Crippen LogP contribution in [0.3, 0.4) is 0 Å². The van der Waals surface area contributed by atoms with Crippen LogP contribution in [0.4, 0.5) is 5.69 Å². The molecule has 4 rings (SSSR count). The Morgan fingerprint density at radius 3 is 2.68 bits per heavy atom. The van der Waals surface area contributed by atoms with Gasteiger partial charge in [0.05, 0.1) is 17.1 Å². The third kappa shape index (κ3) is 4.04. The van der Waals surface area contributed by atoms with Crippen molar-refractivity contribution in [2.45, 2.75) is 52.5 Å². The van der Waals surface area contributed by atoms with Crippen LogP contribution in [0.5, 0.6) is 0 Å². The van der Waals surface area contributed by atoms with E-state index in [1.807, 2.05) is 52.0 Å². The Labute approximate surface area is 182 Å². The van der Waals surface area contributed by atoms with Gasteiger partial charge in [-0.25, -0.2) is 14.5 Å². The molecule has 0 spiro atoms. The summed E-state index contributed by atoms with van der Waals surface area (Å²) in [4.78, 5) is 32.3. The van der Waals surface area contributed by atoms with Gasteiger partial charge < -0.3 is 9.64 Å². The van der Waals surface area contributed by atoms with E-state index in [2.05, 4.69) is 5.10 Å². The van der Waals surface area contributed by atoms with Crippen molar-refractivity contribution in [3.63, 3.8) is 0 Å². The molecule has 7 heteroatoms. The summed E-state index contributed by atoms with van der Waals surface area (Å²) in [5, 5.41) is 5.04. The molecule has 2 aromatic heterocycles. The summed E-state index contributed by atoms with van der Waals surface area (Å²) in [5.41, 5.74) is 3.89. The topological polar surface area (TPSA) is 77.3 Å². The van der Waals surface area contributed by atoms with Gasteiger partial charge in [-0.3, -0.25) is 4.79 Å². The van der Waals surface area contributed by atoms with Crippen LogP contribution < -0.4 is 4.90 Å². The number of carbonyl (C=O) groups is 2. The Bertz CT molecular complexity index is 1130. The van der Waals surface area contributed by atoms with Crippen LogP contribution in [0, 0.1) is 0 Å². The monoisotopic (exact) mass is 420 g/mol. The minimum atomic E-state index is -0.531. The molecule has 0 N–H and O–H groups in total. The molecule has 162 valence electrons. The second kappa shape index (κ2) is 8.49. The molecule has 0 unspecified atom stereocenters. The number of para-hydroxylation sites is 1. The summed E-state index contributed by atoms with van der Waals surface area (Å²) in [7, 11) is 0. The zero-order valence-corrected chi connectivity index (χ0v) is 18.5. The molecule has 1 aromatic carbocycles. The Hall–Kier alpha value is -3.22. The average molecular weight is 421 g/mol. The van der Waals surface area contributed by atoms with Crippen molar-refractivity contribution in [1.82, 2.24) is 14.8 Å². The molecule has 0 atom stereocenters. The van der Waals surface area contributed by atoms with Gasteiger partial charge in [-0.2, -0.15) is 5.10 Å². The molecule has 0 radical (unpaired) electrons. The van der Waals surface area contributed by atoms with Crippen LogP contribution in [0.25, 0.3) is 11.0 Å². The molecule has 3 aromatic rings. The van der Waals surface area contributed by atoms with Crippen molar-refractivity contribution in [1.29, 1.82) is 0 Å². The highest BCUT2D eigenvalue weighted by atomic mass is 16.5. The number of aromatic nitrogens is 3. The fourth-order valence-corrected chi connectivity index (χ4v) is 3.96. The molecule has 0 saturated carbocycles. The summed E-state index contributed by atoms with van der Waals surface area (Å²) in [6.07, 6.45) is 3.49.